The van der Waals surface area contributed by atoms with Crippen molar-refractivity contribution in [1.82, 2.24) is 5.32 Å². The van der Waals surface area contributed by atoms with E-state index >= 15 is 0 Å². The smallest absolute Gasteiger partial charge is 0.395 e. The van der Waals surface area contributed by atoms with E-state index < -0.39 is 34.9 Å². The topological polar surface area (TPSA) is 85.4 Å². The molecule has 0 aromatic carbocycles. The Bertz CT molecular complexity index is 541. The molecule has 1 aliphatic carbocycles. The van der Waals surface area contributed by atoms with E-state index in [2.05, 4.69) is 5.32 Å². The van der Waals surface area contributed by atoms with E-state index in [0.29, 0.717) is 12.8 Å². The van der Waals surface area contributed by atoms with Gasteiger partial charge in [-0.05, 0) is 25.3 Å². The minimum atomic E-state index is -4.27. The summed E-state index contributed by atoms with van der Waals surface area (Å²) in [5.41, 5.74) is 0. The normalized spacial score (nSPS) is 22.8. The molecule has 0 saturated heterocycles. The number of nitro groups is 1. The summed E-state index contributed by atoms with van der Waals surface area (Å²) in [6.45, 7) is 0. The van der Waals surface area contributed by atoms with Crippen LogP contribution >= 0.6 is 0 Å². The van der Waals surface area contributed by atoms with Crippen LogP contribution < -0.4 is 5.32 Å². The van der Waals surface area contributed by atoms with E-state index in [1.54, 1.807) is 0 Å². The molecule has 1 aliphatic rings. The lowest BCUT2D eigenvalue weighted by Gasteiger charge is -2.30. The first-order valence-electron chi connectivity index (χ1n) is 6.39. The van der Waals surface area contributed by atoms with Crippen molar-refractivity contribution >= 4 is 11.8 Å². The van der Waals surface area contributed by atoms with Crippen molar-refractivity contribution in [3.05, 3.63) is 28.0 Å². The van der Waals surface area contributed by atoms with Crippen LogP contribution in [0.3, 0.4) is 0 Å². The van der Waals surface area contributed by atoms with E-state index in [4.69, 9.17) is 4.42 Å². The lowest BCUT2D eigenvalue weighted by molar-refractivity contribution is -0.402. The summed E-state index contributed by atoms with van der Waals surface area (Å²) >= 11 is 0. The molecule has 21 heavy (non-hydrogen) atoms. The summed E-state index contributed by atoms with van der Waals surface area (Å²) in [7, 11) is 0. The van der Waals surface area contributed by atoms with Crippen molar-refractivity contribution in [3.63, 3.8) is 0 Å². The third kappa shape index (κ3) is 3.73. The van der Waals surface area contributed by atoms with Gasteiger partial charge in [-0.15, -0.1) is 0 Å². The largest absolute Gasteiger partial charge is 0.433 e. The predicted octanol–water partition coefficient (Wildman–Crippen LogP) is 3.04. The zero-order valence-corrected chi connectivity index (χ0v) is 10.9. The van der Waals surface area contributed by atoms with E-state index in [-0.39, 0.29) is 18.6 Å². The quantitative estimate of drug-likeness (QED) is 0.687. The molecule has 2 rings (SSSR count). The number of rotatable bonds is 3. The lowest BCUT2D eigenvalue weighted by Crippen LogP contribution is -2.41. The molecule has 2 atom stereocenters. The molecule has 1 heterocycles. The number of hydrogen-bond acceptors (Lipinski definition) is 4. The van der Waals surface area contributed by atoms with Crippen LogP contribution in [0.1, 0.15) is 36.2 Å². The van der Waals surface area contributed by atoms with Crippen LogP contribution in [0.25, 0.3) is 0 Å². The Morgan fingerprint density at radius 2 is 2.10 bits per heavy atom. The highest BCUT2D eigenvalue weighted by Crippen LogP contribution is 2.37. The van der Waals surface area contributed by atoms with Gasteiger partial charge in [0.25, 0.3) is 5.91 Å². The van der Waals surface area contributed by atoms with Crippen LogP contribution in [0, 0.1) is 16.0 Å². The van der Waals surface area contributed by atoms with Crippen molar-refractivity contribution in [3.8, 4) is 0 Å². The number of halogens is 3. The summed E-state index contributed by atoms with van der Waals surface area (Å²) in [5.74, 6) is -3.04. The first-order chi connectivity index (χ1) is 9.77. The van der Waals surface area contributed by atoms with Crippen molar-refractivity contribution in [2.24, 2.45) is 5.92 Å². The maximum absolute atomic E-state index is 12.7. The summed E-state index contributed by atoms with van der Waals surface area (Å²) < 4.78 is 42.7. The molecule has 1 aromatic rings. The van der Waals surface area contributed by atoms with Gasteiger partial charge in [0.05, 0.1) is 12.0 Å². The first kappa shape index (κ1) is 15.3. The van der Waals surface area contributed by atoms with Crippen molar-refractivity contribution in [2.45, 2.75) is 37.9 Å². The van der Waals surface area contributed by atoms with Crippen LogP contribution in [0.4, 0.5) is 19.1 Å². The number of amides is 1. The molecule has 9 heteroatoms. The SMILES string of the molecule is O=C(N[C@@H]1CCC[C@H](C(F)(F)F)C1)c1ccc([N+](=O)[O-])o1. The zero-order chi connectivity index (χ0) is 15.6. The van der Waals surface area contributed by atoms with Gasteiger partial charge in [0.15, 0.2) is 5.76 Å². The Morgan fingerprint density at radius 3 is 2.67 bits per heavy atom. The third-order valence-electron chi connectivity index (χ3n) is 3.47. The minimum absolute atomic E-state index is 0.0576. The van der Waals surface area contributed by atoms with E-state index in [0.717, 1.165) is 12.1 Å². The van der Waals surface area contributed by atoms with Crippen LogP contribution in [0.2, 0.25) is 0 Å². The number of nitrogens with one attached hydrogen (secondary N) is 1. The van der Waals surface area contributed by atoms with Gasteiger partial charge in [0, 0.05) is 6.04 Å². The molecular weight excluding hydrogens is 293 g/mol. The Morgan fingerprint density at radius 1 is 1.38 bits per heavy atom. The monoisotopic (exact) mass is 306 g/mol. The Labute approximate surface area is 117 Å². The molecular formula is C12H13F3N2O4. The fourth-order valence-corrected chi connectivity index (χ4v) is 2.42. The van der Waals surface area contributed by atoms with Gasteiger partial charge in [-0.2, -0.15) is 13.2 Å². The molecule has 0 radical (unpaired) electrons. The van der Waals surface area contributed by atoms with Gasteiger partial charge >= 0.3 is 12.1 Å². The molecule has 6 nitrogen and oxygen atoms in total. The number of nitrogens with zero attached hydrogens (tertiary/aromatic N) is 1. The molecule has 1 amide bonds. The first-order valence-corrected chi connectivity index (χ1v) is 6.39. The average molecular weight is 306 g/mol. The summed E-state index contributed by atoms with van der Waals surface area (Å²) in [6, 6.07) is 1.54. The van der Waals surface area contributed by atoms with Gasteiger partial charge in [0.2, 0.25) is 0 Å². The van der Waals surface area contributed by atoms with Crippen LogP contribution in [-0.4, -0.2) is 23.0 Å². The third-order valence-corrected chi connectivity index (χ3v) is 3.47. The number of hydrogen-bond donors (Lipinski definition) is 1. The molecule has 116 valence electrons. The van der Waals surface area contributed by atoms with Crippen LogP contribution in [0.5, 0.6) is 0 Å². The Hall–Kier alpha value is -2.06. The highest BCUT2D eigenvalue weighted by Gasteiger charge is 2.42. The minimum Gasteiger partial charge on any atom is -0.395 e. The lowest BCUT2D eigenvalue weighted by atomic mass is 9.85. The number of carbonyl (C=O) groups excluding carboxylic acids is 1. The van der Waals surface area contributed by atoms with Gasteiger partial charge in [-0.25, -0.2) is 0 Å². The fraction of sp³-hybridized carbons (Fsp3) is 0.583. The second-order valence-electron chi connectivity index (χ2n) is 4.97. The van der Waals surface area contributed by atoms with Crippen LogP contribution in [-0.2, 0) is 0 Å². The summed E-state index contributed by atoms with van der Waals surface area (Å²) in [6.07, 6.45) is -3.58. The van der Waals surface area contributed by atoms with E-state index in [1.165, 1.54) is 0 Å². The van der Waals surface area contributed by atoms with Crippen LogP contribution in [0.15, 0.2) is 16.5 Å². The van der Waals surface area contributed by atoms with Gasteiger partial charge in [-0.3, -0.25) is 14.9 Å². The second kappa shape index (κ2) is 5.74. The molecule has 0 spiro atoms. The molecule has 1 aromatic heterocycles. The highest BCUT2D eigenvalue weighted by atomic mass is 19.4. The summed E-state index contributed by atoms with van der Waals surface area (Å²) in [5, 5.41) is 12.9. The number of alkyl halides is 3. The van der Waals surface area contributed by atoms with E-state index in [9.17, 15) is 28.1 Å². The van der Waals surface area contributed by atoms with Crippen molar-refractivity contribution < 1.29 is 27.3 Å². The maximum Gasteiger partial charge on any atom is 0.433 e. The zero-order valence-electron chi connectivity index (χ0n) is 10.9. The average Bonchev–Trinajstić information content (AvgIpc) is 2.88. The number of carbonyl (C=O) groups is 1. The molecule has 0 bridgehead atoms. The highest BCUT2D eigenvalue weighted by molar-refractivity contribution is 5.91. The fourth-order valence-electron chi connectivity index (χ4n) is 2.42. The number of furan rings is 1. The molecule has 1 fully saturated rings. The molecule has 1 N–H and O–H groups in total. The summed E-state index contributed by atoms with van der Waals surface area (Å²) in [4.78, 5) is 21.4. The van der Waals surface area contributed by atoms with Crippen molar-refractivity contribution in [1.29, 1.82) is 0 Å². The molecule has 1 saturated carbocycles. The van der Waals surface area contributed by atoms with Gasteiger partial charge in [-0.1, -0.05) is 6.42 Å². The standard InChI is InChI=1S/C12H13F3N2O4/c13-12(14,15)7-2-1-3-8(6-7)16-11(18)9-4-5-10(21-9)17(19)20/h4-5,7-8H,1-3,6H2,(H,16,18)/t7-,8+/m0/s1. The molecule has 0 unspecified atom stereocenters. The van der Waals surface area contributed by atoms with Crippen molar-refractivity contribution in [2.75, 3.05) is 0 Å². The second-order valence-corrected chi connectivity index (χ2v) is 4.97. The molecule has 0 aliphatic heterocycles. The van der Waals surface area contributed by atoms with Gasteiger partial charge < -0.3 is 9.73 Å². The van der Waals surface area contributed by atoms with E-state index in [1.807, 2.05) is 0 Å². The van der Waals surface area contributed by atoms with Gasteiger partial charge in [0.1, 0.15) is 4.92 Å². The predicted molar refractivity (Wildman–Crippen MR) is 64.6 cm³/mol. The maximum atomic E-state index is 12.7. The Balaban J connectivity index is 1.97. The Kier molecular flexibility index (Phi) is 4.19.